The molecule has 1 aliphatic rings. The van der Waals surface area contributed by atoms with Gasteiger partial charge in [-0.2, -0.15) is 0 Å². The molecule has 0 aromatic carbocycles. The van der Waals surface area contributed by atoms with Crippen molar-refractivity contribution in [1.82, 2.24) is 0 Å². The van der Waals surface area contributed by atoms with E-state index in [0.29, 0.717) is 12.4 Å². The molecule has 1 fully saturated rings. The van der Waals surface area contributed by atoms with Crippen molar-refractivity contribution < 1.29 is 14.3 Å². The molecule has 3 nitrogen and oxygen atoms in total. The van der Waals surface area contributed by atoms with E-state index in [-0.39, 0.29) is 6.61 Å². The van der Waals surface area contributed by atoms with E-state index >= 15 is 0 Å². The van der Waals surface area contributed by atoms with Crippen LogP contribution in [0.25, 0.3) is 0 Å². The molecule has 0 bridgehead atoms. The Hall–Kier alpha value is -0.800. The Labute approximate surface area is 90.0 Å². The van der Waals surface area contributed by atoms with Gasteiger partial charge in [0.1, 0.15) is 24.7 Å². The highest BCUT2D eigenvalue weighted by Crippen LogP contribution is 2.29. The lowest BCUT2D eigenvalue weighted by molar-refractivity contribution is 0.0818. The third-order valence-electron chi connectivity index (χ3n) is 3.01. The predicted octanol–water partition coefficient (Wildman–Crippen LogP) is 2.48. The number of aliphatic hydroxyl groups is 1. The van der Waals surface area contributed by atoms with Gasteiger partial charge in [0.25, 0.3) is 0 Å². The van der Waals surface area contributed by atoms with Crippen molar-refractivity contribution in [3.05, 3.63) is 23.7 Å². The van der Waals surface area contributed by atoms with Crippen LogP contribution < -0.4 is 0 Å². The summed E-state index contributed by atoms with van der Waals surface area (Å²) in [6.45, 7) is 1.30. The second-order valence-electron chi connectivity index (χ2n) is 4.16. The van der Waals surface area contributed by atoms with Gasteiger partial charge in [-0.3, -0.25) is 0 Å². The van der Waals surface area contributed by atoms with Gasteiger partial charge in [-0.05, 0) is 24.5 Å². The molecule has 0 saturated heterocycles. The fraction of sp³-hybridized carbons (Fsp3) is 0.667. The SMILES string of the molecule is OCc1ccc(COCCC2CCC2)o1. The van der Waals surface area contributed by atoms with E-state index in [1.165, 1.54) is 25.7 Å². The summed E-state index contributed by atoms with van der Waals surface area (Å²) < 4.78 is 10.8. The second kappa shape index (κ2) is 5.33. The van der Waals surface area contributed by atoms with Gasteiger partial charge in [-0.1, -0.05) is 19.3 Å². The molecule has 0 atom stereocenters. The summed E-state index contributed by atoms with van der Waals surface area (Å²) >= 11 is 0. The quantitative estimate of drug-likeness (QED) is 0.733. The van der Waals surface area contributed by atoms with Gasteiger partial charge in [0.15, 0.2) is 0 Å². The topological polar surface area (TPSA) is 42.6 Å². The Morgan fingerprint density at radius 2 is 2.13 bits per heavy atom. The molecule has 1 aliphatic carbocycles. The van der Waals surface area contributed by atoms with Gasteiger partial charge in [0, 0.05) is 6.61 Å². The average molecular weight is 210 g/mol. The lowest BCUT2D eigenvalue weighted by Crippen LogP contribution is -2.13. The molecule has 3 heteroatoms. The third-order valence-corrected chi connectivity index (χ3v) is 3.01. The van der Waals surface area contributed by atoms with Gasteiger partial charge in [-0.15, -0.1) is 0 Å². The summed E-state index contributed by atoms with van der Waals surface area (Å²) in [5, 5.41) is 8.80. The summed E-state index contributed by atoms with van der Waals surface area (Å²) in [4.78, 5) is 0. The highest BCUT2D eigenvalue weighted by Gasteiger charge is 2.16. The molecule has 0 spiro atoms. The molecule has 0 aliphatic heterocycles. The summed E-state index contributed by atoms with van der Waals surface area (Å²) in [5.74, 6) is 2.30. The van der Waals surface area contributed by atoms with Crippen molar-refractivity contribution in [2.75, 3.05) is 6.61 Å². The van der Waals surface area contributed by atoms with E-state index in [9.17, 15) is 0 Å². The van der Waals surface area contributed by atoms with Gasteiger partial charge in [-0.25, -0.2) is 0 Å². The van der Waals surface area contributed by atoms with Gasteiger partial charge >= 0.3 is 0 Å². The zero-order valence-corrected chi connectivity index (χ0v) is 8.95. The number of ether oxygens (including phenoxy) is 1. The Balaban J connectivity index is 1.60. The summed E-state index contributed by atoms with van der Waals surface area (Å²) in [6.07, 6.45) is 5.31. The second-order valence-corrected chi connectivity index (χ2v) is 4.16. The zero-order chi connectivity index (χ0) is 10.5. The van der Waals surface area contributed by atoms with E-state index in [0.717, 1.165) is 18.3 Å². The first-order chi connectivity index (χ1) is 7.38. The first-order valence-corrected chi connectivity index (χ1v) is 5.64. The van der Waals surface area contributed by atoms with E-state index in [1.807, 2.05) is 6.07 Å². The Morgan fingerprint density at radius 1 is 1.33 bits per heavy atom. The minimum atomic E-state index is -0.0396. The van der Waals surface area contributed by atoms with Crippen LogP contribution in [-0.4, -0.2) is 11.7 Å². The first kappa shape index (κ1) is 10.7. The van der Waals surface area contributed by atoms with Crippen molar-refractivity contribution in [1.29, 1.82) is 0 Å². The molecular formula is C12H18O3. The van der Waals surface area contributed by atoms with Crippen molar-refractivity contribution >= 4 is 0 Å². The summed E-state index contributed by atoms with van der Waals surface area (Å²) in [7, 11) is 0. The highest BCUT2D eigenvalue weighted by molar-refractivity contribution is 5.05. The molecule has 1 aromatic rings. The maximum atomic E-state index is 8.80. The first-order valence-electron chi connectivity index (χ1n) is 5.64. The molecule has 84 valence electrons. The van der Waals surface area contributed by atoms with Crippen LogP contribution in [0.15, 0.2) is 16.5 Å². The third kappa shape index (κ3) is 3.08. The van der Waals surface area contributed by atoms with Crippen LogP contribution in [0.1, 0.15) is 37.2 Å². The van der Waals surface area contributed by atoms with Crippen LogP contribution >= 0.6 is 0 Å². The van der Waals surface area contributed by atoms with Crippen LogP contribution in [0.3, 0.4) is 0 Å². The van der Waals surface area contributed by atoms with Gasteiger partial charge in [0.05, 0.1) is 0 Å². The number of rotatable bonds is 6. The van der Waals surface area contributed by atoms with E-state index in [4.69, 9.17) is 14.3 Å². The molecule has 0 amide bonds. The molecule has 0 radical (unpaired) electrons. The molecule has 1 N–H and O–H groups in total. The van der Waals surface area contributed by atoms with Crippen molar-refractivity contribution in [2.24, 2.45) is 5.92 Å². The van der Waals surface area contributed by atoms with E-state index in [1.54, 1.807) is 6.07 Å². The van der Waals surface area contributed by atoms with Crippen LogP contribution in [0.5, 0.6) is 0 Å². The minimum Gasteiger partial charge on any atom is -0.461 e. The van der Waals surface area contributed by atoms with E-state index in [2.05, 4.69) is 0 Å². The Kier molecular flexibility index (Phi) is 3.80. The number of furan rings is 1. The van der Waals surface area contributed by atoms with Gasteiger partial charge in [0.2, 0.25) is 0 Å². The molecular weight excluding hydrogens is 192 g/mol. The smallest absolute Gasteiger partial charge is 0.129 e. The maximum absolute atomic E-state index is 8.80. The Morgan fingerprint density at radius 3 is 2.73 bits per heavy atom. The van der Waals surface area contributed by atoms with Crippen molar-refractivity contribution in [3.8, 4) is 0 Å². The molecule has 1 saturated carbocycles. The predicted molar refractivity (Wildman–Crippen MR) is 56.2 cm³/mol. The average Bonchev–Trinajstić information content (AvgIpc) is 2.62. The zero-order valence-electron chi connectivity index (χ0n) is 8.95. The number of hydrogen-bond acceptors (Lipinski definition) is 3. The molecule has 15 heavy (non-hydrogen) atoms. The monoisotopic (exact) mass is 210 g/mol. The van der Waals surface area contributed by atoms with E-state index < -0.39 is 0 Å². The largest absolute Gasteiger partial charge is 0.461 e. The minimum absolute atomic E-state index is 0.0396. The lowest BCUT2D eigenvalue weighted by Gasteiger charge is -2.24. The fourth-order valence-corrected chi connectivity index (χ4v) is 1.79. The lowest BCUT2D eigenvalue weighted by atomic mass is 9.83. The molecule has 1 heterocycles. The normalized spacial score (nSPS) is 16.6. The summed E-state index contributed by atoms with van der Waals surface area (Å²) in [5.41, 5.74) is 0. The molecule has 1 aromatic heterocycles. The van der Waals surface area contributed by atoms with Crippen LogP contribution in [-0.2, 0) is 18.0 Å². The van der Waals surface area contributed by atoms with Gasteiger partial charge < -0.3 is 14.3 Å². The van der Waals surface area contributed by atoms with Crippen LogP contribution in [0.4, 0.5) is 0 Å². The van der Waals surface area contributed by atoms with Crippen LogP contribution in [0, 0.1) is 5.92 Å². The number of aliphatic hydroxyl groups excluding tert-OH is 1. The molecule has 2 rings (SSSR count). The fourth-order valence-electron chi connectivity index (χ4n) is 1.79. The standard InChI is InChI=1S/C12H18O3/c13-8-11-4-5-12(15-11)9-14-7-6-10-2-1-3-10/h4-5,10,13H,1-3,6-9H2. The number of hydrogen-bond donors (Lipinski definition) is 1. The summed E-state index contributed by atoms with van der Waals surface area (Å²) in [6, 6.07) is 3.64. The van der Waals surface area contributed by atoms with Crippen molar-refractivity contribution in [2.45, 2.75) is 38.9 Å². The van der Waals surface area contributed by atoms with Crippen molar-refractivity contribution in [3.63, 3.8) is 0 Å². The maximum Gasteiger partial charge on any atom is 0.129 e. The molecule has 0 unspecified atom stereocenters. The highest BCUT2D eigenvalue weighted by atomic mass is 16.5. The van der Waals surface area contributed by atoms with Crippen LogP contribution in [0.2, 0.25) is 0 Å². The Bertz CT molecular complexity index is 289.